The van der Waals surface area contributed by atoms with E-state index < -0.39 is 0 Å². The van der Waals surface area contributed by atoms with E-state index in [-0.39, 0.29) is 0 Å². The zero-order valence-electron chi connectivity index (χ0n) is 15.7. The number of hydrogen-bond donors (Lipinski definition) is 2. The molecule has 1 aliphatic heterocycles. The SMILES string of the molecule is CCNC(=NCCCOCC1CCCO1)NCCc1cccc(C)c1. The van der Waals surface area contributed by atoms with E-state index >= 15 is 0 Å². The maximum absolute atomic E-state index is 5.67. The maximum Gasteiger partial charge on any atom is 0.191 e. The average molecular weight is 348 g/mol. The van der Waals surface area contributed by atoms with Gasteiger partial charge in [-0.2, -0.15) is 0 Å². The molecule has 0 radical (unpaired) electrons. The molecule has 1 unspecified atom stereocenters. The molecule has 1 aromatic rings. The zero-order chi connectivity index (χ0) is 17.7. The van der Waals surface area contributed by atoms with Crippen LogP contribution in [-0.2, 0) is 15.9 Å². The Bertz CT molecular complexity index is 513. The first kappa shape index (κ1) is 19.7. The lowest BCUT2D eigenvalue weighted by Crippen LogP contribution is -2.38. The van der Waals surface area contributed by atoms with Crippen LogP contribution < -0.4 is 10.6 Å². The van der Waals surface area contributed by atoms with E-state index in [4.69, 9.17) is 9.47 Å². The monoisotopic (exact) mass is 347 g/mol. The Balaban J connectivity index is 1.60. The quantitative estimate of drug-likeness (QED) is 0.388. The molecule has 1 fully saturated rings. The number of benzene rings is 1. The van der Waals surface area contributed by atoms with E-state index in [1.165, 1.54) is 17.5 Å². The second-order valence-corrected chi connectivity index (χ2v) is 6.49. The van der Waals surface area contributed by atoms with Crippen LogP contribution in [0.1, 0.15) is 37.3 Å². The van der Waals surface area contributed by atoms with Crippen LogP contribution in [0.15, 0.2) is 29.3 Å². The third kappa shape index (κ3) is 8.36. The van der Waals surface area contributed by atoms with Gasteiger partial charge in [0, 0.05) is 32.8 Å². The number of hydrogen-bond acceptors (Lipinski definition) is 3. The third-order valence-electron chi connectivity index (χ3n) is 4.18. The van der Waals surface area contributed by atoms with Crippen molar-refractivity contribution in [3.05, 3.63) is 35.4 Å². The minimum Gasteiger partial charge on any atom is -0.379 e. The van der Waals surface area contributed by atoms with Crippen molar-refractivity contribution in [2.75, 3.05) is 39.5 Å². The van der Waals surface area contributed by atoms with Crippen molar-refractivity contribution < 1.29 is 9.47 Å². The van der Waals surface area contributed by atoms with Gasteiger partial charge in [0.2, 0.25) is 0 Å². The summed E-state index contributed by atoms with van der Waals surface area (Å²) in [6, 6.07) is 8.64. The van der Waals surface area contributed by atoms with Gasteiger partial charge in [0.1, 0.15) is 0 Å². The lowest BCUT2D eigenvalue weighted by Gasteiger charge is -2.12. The fourth-order valence-electron chi connectivity index (χ4n) is 2.88. The van der Waals surface area contributed by atoms with Crippen LogP contribution in [0.2, 0.25) is 0 Å². The van der Waals surface area contributed by atoms with Gasteiger partial charge >= 0.3 is 0 Å². The molecule has 1 aromatic carbocycles. The molecule has 2 rings (SSSR count). The fourth-order valence-corrected chi connectivity index (χ4v) is 2.88. The molecule has 1 heterocycles. The molecule has 5 nitrogen and oxygen atoms in total. The van der Waals surface area contributed by atoms with Crippen molar-refractivity contribution in [2.45, 2.75) is 45.6 Å². The minimum absolute atomic E-state index is 0.309. The minimum atomic E-state index is 0.309. The molecule has 0 spiro atoms. The molecule has 0 bridgehead atoms. The first-order valence-electron chi connectivity index (χ1n) is 9.55. The van der Waals surface area contributed by atoms with Crippen LogP contribution in [0.4, 0.5) is 0 Å². The lowest BCUT2D eigenvalue weighted by molar-refractivity contribution is 0.0171. The Morgan fingerprint density at radius 3 is 3.04 bits per heavy atom. The molecule has 25 heavy (non-hydrogen) atoms. The molecule has 0 saturated carbocycles. The van der Waals surface area contributed by atoms with Gasteiger partial charge < -0.3 is 20.1 Å². The Kier molecular flexibility index (Phi) is 9.37. The van der Waals surface area contributed by atoms with Crippen LogP contribution in [0.5, 0.6) is 0 Å². The highest BCUT2D eigenvalue weighted by Crippen LogP contribution is 2.11. The van der Waals surface area contributed by atoms with Crippen LogP contribution in [0.25, 0.3) is 0 Å². The van der Waals surface area contributed by atoms with E-state index in [2.05, 4.69) is 53.7 Å². The van der Waals surface area contributed by atoms with Crippen LogP contribution in [0.3, 0.4) is 0 Å². The second-order valence-electron chi connectivity index (χ2n) is 6.49. The molecule has 1 saturated heterocycles. The predicted molar refractivity (Wildman–Crippen MR) is 103 cm³/mol. The van der Waals surface area contributed by atoms with Crippen LogP contribution in [-0.4, -0.2) is 51.5 Å². The predicted octanol–water partition coefficient (Wildman–Crippen LogP) is 2.68. The molecule has 5 heteroatoms. The summed E-state index contributed by atoms with van der Waals surface area (Å²) in [4.78, 5) is 4.61. The van der Waals surface area contributed by atoms with Crippen molar-refractivity contribution in [2.24, 2.45) is 4.99 Å². The summed E-state index contributed by atoms with van der Waals surface area (Å²) in [5.74, 6) is 0.884. The van der Waals surface area contributed by atoms with Gasteiger partial charge in [-0.1, -0.05) is 29.8 Å². The zero-order valence-corrected chi connectivity index (χ0v) is 15.7. The van der Waals surface area contributed by atoms with E-state index in [0.717, 1.165) is 64.7 Å². The summed E-state index contributed by atoms with van der Waals surface area (Å²) in [6.07, 6.45) is 4.54. The van der Waals surface area contributed by atoms with Gasteiger partial charge in [-0.3, -0.25) is 4.99 Å². The largest absolute Gasteiger partial charge is 0.379 e. The van der Waals surface area contributed by atoms with Crippen molar-refractivity contribution in [3.8, 4) is 0 Å². The maximum atomic E-state index is 5.67. The van der Waals surface area contributed by atoms with Crippen molar-refractivity contribution >= 4 is 5.96 Å². The lowest BCUT2D eigenvalue weighted by atomic mass is 10.1. The van der Waals surface area contributed by atoms with Crippen molar-refractivity contribution in [3.63, 3.8) is 0 Å². The van der Waals surface area contributed by atoms with Gasteiger partial charge in [0.15, 0.2) is 5.96 Å². The molecule has 1 aliphatic rings. The third-order valence-corrected chi connectivity index (χ3v) is 4.18. The number of ether oxygens (including phenoxy) is 2. The summed E-state index contributed by atoms with van der Waals surface area (Å²) in [5, 5.41) is 6.70. The van der Waals surface area contributed by atoms with Crippen LogP contribution >= 0.6 is 0 Å². The summed E-state index contributed by atoms with van der Waals surface area (Å²) in [5.41, 5.74) is 2.66. The number of guanidine groups is 1. The molecular formula is C20H33N3O2. The first-order valence-corrected chi connectivity index (χ1v) is 9.55. The van der Waals surface area contributed by atoms with Gasteiger partial charge in [-0.05, 0) is 45.1 Å². The highest BCUT2D eigenvalue weighted by molar-refractivity contribution is 5.79. The second kappa shape index (κ2) is 11.9. The highest BCUT2D eigenvalue weighted by Gasteiger charge is 2.14. The number of rotatable bonds is 10. The highest BCUT2D eigenvalue weighted by atomic mass is 16.5. The van der Waals surface area contributed by atoms with E-state index in [9.17, 15) is 0 Å². The average Bonchev–Trinajstić information content (AvgIpc) is 3.11. The summed E-state index contributed by atoms with van der Waals surface area (Å²) in [7, 11) is 0. The molecule has 2 N–H and O–H groups in total. The summed E-state index contributed by atoms with van der Waals surface area (Å²) in [6.45, 7) is 9.08. The number of aryl methyl sites for hydroxylation is 1. The summed E-state index contributed by atoms with van der Waals surface area (Å²) < 4.78 is 11.2. The topological polar surface area (TPSA) is 54.9 Å². The standard InChI is InChI=1S/C20H33N3O2/c1-3-21-20(23-12-10-18-8-4-7-17(2)15-18)22-11-6-13-24-16-19-9-5-14-25-19/h4,7-8,15,19H,3,5-6,9-14,16H2,1-2H3,(H2,21,22,23). The van der Waals surface area contributed by atoms with E-state index in [0.29, 0.717) is 6.10 Å². The number of nitrogens with one attached hydrogen (secondary N) is 2. The molecule has 0 amide bonds. The van der Waals surface area contributed by atoms with Crippen molar-refractivity contribution in [1.29, 1.82) is 0 Å². The van der Waals surface area contributed by atoms with Gasteiger partial charge in [0.25, 0.3) is 0 Å². The Morgan fingerprint density at radius 1 is 1.36 bits per heavy atom. The molecule has 1 atom stereocenters. The van der Waals surface area contributed by atoms with Crippen molar-refractivity contribution in [1.82, 2.24) is 10.6 Å². The molecule has 0 aliphatic carbocycles. The fraction of sp³-hybridized carbons (Fsp3) is 0.650. The number of nitrogens with zero attached hydrogens (tertiary/aromatic N) is 1. The Morgan fingerprint density at radius 2 is 2.28 bits per heavy atom. The Hall–Kier alpha value is -1.59. The van der Waals surface area contributed by atoms with Gasteiger partial charge in [0.05, 0.1) is 12.7 Å². The Labute approximate surface area is 152 Å². The summed E-state index contributed by atoms with van der Waals surface area (Å²) >= 11 is 0. The van der Waals surface area contributed by atoms with Gasteiger partial charge in [-0.25, -0.2) is 0 Å². The number of aliphatic imine (C=N–C) groups is 1. The van der Waals surface area contributed by atoms with Crippen LogP contribution in [0, 0.1) is 6.92 Å². The van der Waals surface area contributed by atoms with E-state index in [1.54, 1.807) is 0 Å². The van der Waals surface area contributed by atoms with E-state index in [1.807, 2.05) is 0 Å². The van der Waals surface area contributed by atoms with Gasteiger partial charge in [-0.15, -0.1) is 0 Å². The normalized spacial score (nSPS) is 17.7. The first-order chi connectivity index (χ1) is 12.3. The smallest absolute Gasteiger partial charge is 0.191 e. The molecular weight excluding hydrogens is 314 g/mol. The molecule has 0 aromatic heterocycles. The molecule has 140 valence electrons.